The molecule has 2 atom stereocenters. The predicted octanol–water partition coefficient (Wildman–Crippen LogP) is 0.359. The Balaban J connectivity index is 1.91. The predicted molar refractivity (Wildman–Crippen MR) is 72.5 cm³/mol. The number of carboxylic acid groups (broad SMARTS) is 1. The summed E-state index contributed by atoms with van der Waals surface area (Å²) in [6.07, 6.45) is 2.42. The van der Waals surface area contributed by atoms with E-state index in [2.05, 4.69) is 26.8 Å². The van der Waals surface area contributed by atoms with Crippen LogP contribution in [0.5, 0.6) is 0 Å². The normalized spacial score (nSPS) is 21.6. The second-order valence-electron chi connectivity index (χ2n) is 4.86. The molecule has 1 fully saturated rings. The van der Waals surface area contributed by atoms with Crippen molar-refractivity contribution in [3.63, 3.8) is 0 Å². The molecule has 0 radical (unpaired) electrons. The van der Waals surface area contributed by atoms with Gasteiger partial charge in [0.2, 0.25) is 5.91 Å². The van der Waals surface area contributed by atoms with E-state index in [1.807, 2.05) is 0 Å². The molecule has 0 bridgehead atoms. The summed E-state index contributed by atoms with van der Waals surface area (Å²) in [5.74, 6) is -3.84. The molecule has 8 heteroatoms. The third-order valence-corrected chi connectivity index (χ3v) is 3.93. The largest absolute Gasteiger partial charge is 0.550 e. The van der Waals surface area contributed by atoms with Crippen molar-refractivity contribution in [3.05, 3.63) is 22.6 Å². The molecule has 114 valence electrons. The fourth-order valence-electron chi connectivity index (χ4n) is 2.44. The maximum absolute atomic E-state index is 12.0. The number of rotatable bonds is 3. The molecular weight excluding hydrogens is 344 g/mol. The molecule has 21 heavy (non-hydrogen) atoms. The average Bonchev–Trinajstić information content (AvgIpc) is 2.91. The van der Waals surface area contributed by atoms with Gasteiger partial charge in [-0.3, -0.25) is 20.4 Å². The zero-order chi connectivity index (χ0) is 15.4. The number of hydrazine groups is 1. The highest BCUT2D eigenvalue weighted by Crippen LogP contribution is 2.29. The molecule has 0 aromatic carbocycles. The Kier molecular flexibility index (Phi) is 5.00. The Morgan fingerprint density at radius 2 is 1.81 bits per heavy atom. The number of hydrogen-bond donors (Lipinski definition) is 2. The lowest BCUT2D eigenvalue weighted by Crippen LogP contribution is -2.49. The smallest absolute Gasteiger partial charge is 0.305 e. The Bertz CT molecular complexity index is 557. The number of hydrogen-bond acceptors (Lipinski definition) is 5. The average molecular weight is 358 g/mol. The zero-order valence-corrected chi connectivity index (χ0v) is 12.6. The number of carbonyl (C=O) groups excluding carboxylic acids is 3. The Labute approximate surface area is 129 Å². The van der Waals surface area contributed by atoms with Crippen molar-refractivity contribution in [1.29, 1.82) is 0 Å². The third-order valence-electron chi connectivity index (χ3n) is 3.50. The molecule has 0 saturated heterocycles. The van der Waals surface area contributed by atoms with Crippen LogP contribution in [0.3, 0.4) is 0 Å². The van der Waals surface area contributed by atoms with Crippen molar-refractivity contribution in [2.24, 2.45) is 11.8 Å². The van der Waals surface area contributed by atoms with Crippen LogP contribution in [0.4, 0.5) is 0 Å². The maximum Gasteiger partial charge on any atom is 0.305 e. The highest BCUT2D eigenvalue weighted by molar-refractivity contribution is 9.10. The molecule has 1 aromatic heterocycles. The van der Waals surface area contributed by atoms with Gasteiger partial charge < -0.3 is 14.3 Å². The first-order chi connectivity index (χ1) is 9.99. The SMILES string of the molecule is O=C(NNC(=O)[C@@H]1CCCC[C@H]1C(=O)[O-])c1ccc(Br)o1. The Morgan fingerprint density at radius 3 is 2.38 bits per heavy atom. The third kappa shape index (κ3) is 3.84. The van der Waals surface area contributed by atoms with E-state index in [9.17, 15) is 19.5 Å². The van der Waals surface area contributed by atoms with Crippen LogP contribution in [-0.2, 0) is 9.59 Å². The van der Waals surface area contributed by atoms with Crippen molar-refractivity contribution >= 4 is 33.7 Å². The van der Waals surface area contributed by atoms with Crippen molar-refractivity contribution < 1.29 is 23.9 Å². The molecule has 7 nitrogen and oxygen atoms in total. The molecular formula is C13H14BrN2O5-. The second-order valence-corrected chi connectivity index (χ2v) is 5.65. The number of halogens is 1. The standard InChI is InChI=1S/C13H15BrN2O5/c14-10-6-5-9(21-10)12(18)16-15-11(17)7-3-1-2-4-8(7)13(19)20/h5-8H,1-4H2,(H,15,17)(H,16,18)(H,19,20)/p-1/t7-,8-/m1/s1. The number of amides is 2. The van der Waals surface area contributed by atoms with Gasteiger partial charge in [-0.05, 0) is 40.9 Å². The summed E-state index contributed by atoms with van der Waals surface area (Å²) in [4.78, 5) is 34.7. The van der Waals surface area contributed by atoms with Crippen LogP contribution in [0.25, 0.3) is 0 Å². The highest BCUT2D eigenvalue weighted by atomic mass is 79.9. The van der Waals surface area contributed by atoms with Gasteiger partial charge in [0.1, 0.15) is 0 Å². The molecule has 2 rings (SSSR count). The van der Waals surface area contributed by atoms with Gasteiger partial charge in [0.05, 0.1) is 0 Å². The van der Waals surface area contributed by atoms with Crippen LogP contribution in [0.15, 0.2) is 21.2 Å². The van der Waals surface area contributed by atoms with Crippen LogP contribution in [-0.4, -0.2) is 17.8 Å². The molecule has 1 aromatic rings. The summed E-state index contributed by atoms with van der Waals surface area (Å²) in [6, 6.07) is 2.99. The van der Waals surface area contributed by atoms with E-state index < -0.39 is 29.6 Å². The summed E-state index contributed by atoms with van der Waals surface area (Å²) < 4.78 is 5.42. The lowest BCUT2D eigenvalue weighted by Gasteiger charge is -2.30. The van der Waals surface area contributed by atoms with Crippen molar-refractivity contribution in [1.82, 2.24) is 10.9 Å². The second kappa shape index (κ2) is 6.75. The minimum absolute atomic E-state index is 0.0299. The molecule has 1 saturated carbocycles. The van der Waals surface area contributed by atoms with E-state index in [0.717, 1.165) is 12.8 Å². The molecule has 0 unspecified atom stereocenters. The van der Waals surface area contributed by atoms with E-state index in [1.54, 1.807) is 6.07 Å². The summed E-state index contributed by atoms with van der Waals surface area (Å²) in [5.41, 5.74) is 4.44. The summed E-state index contributed by atoms with van der Waals surface area (Å²) in [6.45, 7) is 0. The maximum atomic E-state index is 12.0. The lowest BCUT2D eigenvalue weighted by molar-refractivity contribution is -0.314. The van der Waals surface area contributed by atoms with Crippen LogP contribution in [0.2, 0.25) is 0 Å². The molecule has 0 spiro atoms. The van der Waals surface area contributed by atoms with Crippen LogP contribution in [0, 0.1) is 11.8 Å². The van der Waals surface area contributed by atoms with Gasteiger partial charge in [0.25, 0.3) is 0 Å². The van der Waals surface area contributed by atoms with Crippen LogP contribution in [0.1, 0.15) is 36.2 Å². The first-order valence-corrected chi connectivity index (χ1v) is 7.34. The van der Waals surface area contributed by atoms with Crippen molar-refractivity contribution in [2.75, 3.05) is 0 Å². The van der Waals surface area contributed by atoms with Gasteiger partial charge in [-0.1, -0.05) is 12.8 Å². The monoisotopic (exact) mass is 357 g/mol. The number of aliphatic carboxylic acids is 1. The summed E-state index contributed by atoms with van der Waals surface area (Å²) in [5, 5.41) is 11.0. The van der Waals surface area contributed by atoms with Crippen molar-refractivity contribution in [2.45, 2.75) is 25.7 Å². The van der Waals surface area contributed by atoms with Gasteiger partial charge in [0.15, 0.2) is 10.4 Å². The first-order valence-electron chi connectivity index (χ1n) is 6.55. The zero-order valence-electron chi connectivity index (χ0n) is 11.1. The minimum atomic E-state index is -1.23. The minimum Gasteiger partial charge on any atom is -0.550 e. The van der Waals surface area contributed by atoms with Gasteiger partial charge in [-0.15, -0.1) is 0 Å². The Hall–Kier alpha value is -1.83. The highest BCUT2D eigenvalue weighted by Gasteiger charge is 2.32. The molecule has 1 heterocycles. The van der Waals surface area contributed by atoms with Gasteiger partial charge in [-0.2, -0.15) is 0 Å². The van der Waals surface area contributed by atoms with Crippen molar-refractivity contribution in [3.8, 4) is 0 Å². The molecule has 2 N–H and O–H groups in total. The number of carbonyl (C=O) groups is 3. The molecule has 0 aliphatic heterocycles. The fraction of sp³-hybridized carbons (Fsp3) is 0.462. The lowest BCUT2D eigenvalue weighted by atomic mass is 9.79. The van der Waals surface area contributed by atoms with Crippen LogP contribution >= 0.6 is 15.9 Å². The molecule has 1 aliphatic rings. The fourth-order valence-corrected chi connectivity index (χ4v) is 2.74. The number of furan rings is 1. The van der Waals surface area contributed by atoms with Crippen LogP contribution < -0.4 is 16.0 Å². The first kappa shape index (κ1) is 15.6. The summed E-state index contributed by atoms with van der Waals surface area (Å²) >= 11 is 3.06. The van der Waals surface area contributed by atoms with E-state index in [4.69, 9.17) is 4.42 Å². The quantitative estimate of drug-likeness (QED) is 0.758. The number of carboxylic acids is 1. The van der Waals surface area contributed by atoms with E-state index in [0.29, 0.717) is 17.5 Å². The topological polar surface area (TPSA) is 111 Å². The van der Waals surface area contributed by atoms with E-state index >= 15 is 0 Å². The summed E-state index contributed by atoms with van der Waals surface area (Å²) in [7, 11) is 0. The molecule has 2 amide bonds. The molecule has 1 aliphatic carbocycles. The Morgan fingerprint density at radius 1 is 1.14 bits per heavy atom. The van der Waals surface area contributed by atoms with Gasteiger partial charge in [0, 0.05) is 17.8 Å². The van der Waals surface area contributed by atoms with Gasteiger partial charge >= 0.3 is 5.91 Å². The van der Waals surface area contributed by atoms with Gasteiger partial charge in [-0.25, -0.2) is 0 Å². The van der Waals surface area contributed by atoms with E-state index in [-0.39, 0.29) is 5.76 Å². The number of nitrogens with one attached hydrogen (secondary N) is 2. The van der Waals surface area contributed by atoms with E-state index in [1.165, 1.54) is 6.07 Å².